The first-order valence-electron chi connectivity index (χ1n) is 5.17. The molecule has 88 valence electrons. The van der Waals surface area contributed by atoms with Crippen LogP contribution in [-0.4, -0.2) is 4.57 Å². The fraction of sp³-hybridized carbons (Fsp3) is 0.154. The summed E-state index contributed by atoms with van der Waals surface area (Å²) >= 11 is 6.80. The lowest BCUT2D eigenvalue weighted by molar-refractivity contribution is 0.749. The fourth-order valence-corrected chi connectivity index (χ4v) is 2.50. The molecule has 0 spiro atoms. The van der Waals surface area contributed by atoms with Crippen LogP contribution < -0.4 is 5.56 Å². The summed E-state index contributed by atoms with van der Waals surface area (Å²) in [5, 5.41) is 0. The quantitative estimate of drug-likeness (QED) is 0.803. The van der Waals surface area contributed by atoms with Crippen molar-refractivity contribution in [2.24, 2.45) is 0 Å². The van der Waals surface area contributed by atoms with Gasteiger partial charge in [-0.05, 0) is 46.6 Å². The normalized spacial score (nSPS) is 10.5. The summed E-state index contributed by atoms with van der Waals surface area (Å²) in [5.74, 6) is 0. The number of aromatic nitrogens is 1. The van der Waals surface area contributed by atoms with Gasteiger partial charge >= 0.3 is 0 Å². The zero-order valence-electron chi connectivity index (χ0n) is 9.28. The van der Waals surface area contributed by atoms with Crippen LogP contribution in [0, 0.1) is 6.92 Å². The molecule has 0 aliphatic carbocycles. The van der Waals surface area contributed by atoms with E-state index in [9.17, 15) is 4.79 Å². The molecule has 0 saturated carbocycles. The van der Waals surface area contributed by atoms with E-state index in [1.165, 1.54) is 0 Å². The van der Waals surface area contributed by atoms with E-state index in [0.717, 1.165) is 20.1 Å². The summed E-state index contributed by atoms with van der Waals surface area (Å²) in [7, 11) is 0. The van der Waals surface area contributed by atoms with Gasteiger partial charge in [-0.3, -0.25) is 4.79 Å². The Labute approximate surface area is 117 Å². The second-order valence-corrected chi connectivity index (χ2v) is 5.73. The van der Waals surface area contributed by atoms with Crippen molar-refractivity contribution in [3.63, 3.8) is 0 Å². The molecule has 2 nitrogen and oxygen atoms in total. The Bertz CT molecular complexity index is 587. The van der Waals surface area contributed by atoms with Gasteiger partial charge in [0, 0.05) is 20.7 Å². The molecule has 0 aliphatic rings. The van der Waals surface area contributed by atoms with Crippen LogP contribution in [0.4, 0.5) is 0 Å². The molecule has 17 heavy (non-hydrogen) atoms. The van der Waals surface area contributed by atoms with Crippen molar-refractivity contribution >= 4 is 31.9 Å². The van der Waals surface area contributed by atoms with E-state index in [0.29, 0.717) is 6.54 Å². The third kappa shape index (κ3) is 3.07. The minimum absolute atomic E-state index is 0.0520. The van der Waals surface area contributed by atoms with Crippen molar-refractivity contribution in [3.05, 3.63) is 67.0 Å². The molecule has 0 aliphatic heterocycles. The SMILES string of the molecule is Cc1cc(Br)cn(Cc2ccc(Br)cc2)c1=O. The number of hydrogen-bond donors (Lipinski definition) is 0. The average molecular weight is 357 g/mol. The van der Waals surface area contributed by atoms with E-state index >= 15 is 0 Å². The van der Waals surface area contributed by atoms with Crippen LogP contribution in [0.5, 0.6) is 0 Å². The lowest BCUT2D eigenvalue weighted by Crippen LogP contribution is -2.22. The van der Waals surface area contributed by atoms with Gasteiger partial charge in [-0.2, -0.15) is 0 Å². The number of pyridine rings is 1. The highest BCUT2D eigenvalue weighted by molar-refractivity contribution is 9.10. The molecule has 0 atom stereocenters. The number of nitrogens with zero attached hydrogens (tertiary/aromatic N) is 1. The van der Waals surface area contributed by atoms with Gasteiger partial charge in [0.2, 0.25) is 0 Å². The molecule has 0 amide bonds. The molecule has 1 aromatic heterocycles. The van der Waals surface area contributed by atoms with Crippen molar-refractivity contribution in [1.82, 2.24) is 4.57 Å². The van der Waals surface area contributed by atoms with Gasteiger partial charge in [-0.25, -0.2) is 0 Å². The first kappa shape index (κ1) is 12.6. The lowest BCUT2D eigenvalue weighted by atomic mass is 10.2. The molecule has 2 rings (SSSR count). The maximum absolute atomic E-state index is 11.9. The first-order chi connectivity index (χ1) is 8.06. The Morgan fingerprint density at radius 2 is 1.76 bits per heavy atom. The number of halogens is 2. The maximum atomic E-state index is 11.9. The van der Waals surface area contributed by atoms with Gasteiger partial charge in [0.15, 0.2) is 0 Å². The van der Waals surface area contributed by atoms with Crippen molar-refractivity contribution in [2.75, 3.05) is 0 Å². The molecule has 1 aromatic carbocycles. The smallest absolute Gasteiger partial charge is 0.253 e. The fourth-order valence-electron chi connectivity index (χ4n) is 1.64. The van der Waals surface area contributed by atoms with Crippen molar-refractivity contribution in [3.8, 4) is 0 Å². The van der Waals surface area contributed by atoms with Gasteiger partial charge in [0.1, 0.15) is 0 Å². The topological polar surface area (TPSA) is 22.0 Å². The Morgan fingerprint density at radius 3 is 2.41 bits per heavy atom. The van der Waals surface area contributed by atoms with E-state index in [4.69, 9.17) is 0 Å². The Balaban J connectivity index is 2.36. The highest BCUT2D eigenvalue weighted by atomic mass is 79.9. The Kier molecular flexibility index (Phi) is 3.84. The summed E-state index contributed by atoms with van der Waals surface area (Å²) in [6.07, 6.45) is 1.82. The molecule has 0 radical (unpaired) electrons. The van der Waals surface area contributed by atoms with Gasteiger partial charge < -0.3 is 4.57 Å². The number of benzene rings is 1. The molecule has 0 bridgehead atoms. The van der Waals surface area contributed by atoms with Crippen molar-refractivity contribution in [1.29, 1.82) is 0 Å². The molecule has 4 heteroatoms. The molecule has 0 unspecified atom stereocenters. The monoisotopic (exact) mass is 355 g/mol. The van der Waals surface area contributed by atoms with Crippen LogP contribution in [0.2, 0.25) is 0 Å². The summed E-state index contributed by atoms with van der Waals surface area (Å²) in [6.45, 7) is 2.41. The summed E-state index contributed by atoms with van der Waals surface area (Å²) in [6, 6.07) is 9.80. The van der Waals surface area contributed by atoms with E-state index in [1.807, 2.05) is 43.5 Å². The largest absolute Gasteiger partial charge is 0.310 e. The van der Waals surface area contributed by atoms with E-state index < -0.39 is 0 Å². The van der Waals surface area contributed by atoms with Crippen LogP contribution in [0.25, 0.3) is 0 Å². The molecular formula is C13H11Br2NO. The van der Waals surface area contributed by atoms with Crippen LogP contribution >= 0.6 is 31.9 Å². The Morgan fingerprint density at radius 1 is 1.12 bits per heavy atom. The molecule has 1 heterocycles. The number of rotatable bonds is 2. The van der Waals surface area contributed by atoms with Crippen LogP contribution in [0.1, 0.15) is 11.1 Å². The van der Waals surface area contributed by atoms with E-state index in [2.05, 4.69) is 31.9 Å². The number of aryl methyl sites for hydroxylation is 1. The number of hydrogen-bond acceptors (Lipinski definition) is 1. The van der Waals surface area contributed by atoms with Gasteiger partial charge in [0.25, 0.3) is 5.56 Å². The maximum Gasteiger partial charge on any atom is 0.253 e. The van der Waals surface area contributed by atoms with Gasteiger partial charge in [-0.15, -0.1) is 0 Å². The second-order valence-electron chi connectivity index (χ2n) is 3.90. The summed E-state index contributed by atoms with van der Waals surface area (Å²) < 4.78 is 3.67. The van der Waals surface area contributed by atoms with Gasteiger partial charge in [-0.1, -0.05) is 28.1 Å². The second kappa shape index (κ2) is 5.19. The Hall–Kier alpha value is -0.870. The zero-order valence-corrected chi connectivity index (χ0v) is 12.5. The molecule has 0 fully saturated rings. The summed E-state index contributed by atoms with van der Waals surface area (Å²) in [4.78, 5) is 11.9. The zero-order chi connectivity index (χ0) is 12.4. The van der Waals surface area contributed by atoms with E-state index in [-0.39, 0.29) is 5.56 Å². The minimum atomic E-state index is 0.0520. The highest BCUT2D eigenvalue weighted by Gasteiger charge is 2.02. The van der Waals surface area contributed by atoms with Crippen molar-refractivity contribution < 1.29 is 0 Å². The van der Waals surface area contributed by atoms with Crippen LogP contribution in [-0.2, 0) is 6.54 Å². The highest BCUT2D eigenvalue weighted by Crippen LogP contribution is 2.13. The average Bonchev–Trinajstić information content (AvgIpc) is 2.28. The first-order valence-corrected chi connectivity index (χ1v) is 6.76. The predicted octanol–water partition coefficient (Wildman–Crippen LogP) is 3.73. The standard InChI is InChI=1S/C13H11Br2NO/c1-9-6-12(15)8-16(13(9)17)7-10-2-4-11(14)5-3-10/h2-6,8H,7H2,1H3. The lowest BCUT2D eigenvalue weighted by Gasteiger charge is -2.08. The van der Waals surface area contributed by atoms with Crippen LogP contribution in [0.15, 0.2) is 50.3 Å². The molecule has 0 N–H and O–H groups in total. The van der Waals surface area contributed by atoms with Gasteiger partial charge in [0.05, 0.1) is 6.54 Å². The molecular weight excluding hydrogens is 346 g/mol. The third-order valence-corrected chi connectivity index (χ3v) is 3.46. The minimum Gasteiger partial charge on any atom is -0.310 e. The predicted molar refractivity (Wildman–Crippen MR) is 76.4 cm³/mol. The summed E-state index contributed by atoms with van der Waals surface area (Å²) in [5.41, 5.74) is 1.90. The third-order valence-electron chi connectivity index (χ3n) is 2.50. The molecule has 0 saturated heterocycles. The van der Waals surface area contributed by atoms with Crippen LogP contribution in [0.3, 0.4) is 0 Å². The molecule has 2 aromatic rings. The van der Waals surface area contributed by atoms with E-state index in [1.54, 1.807) is 4.57 Å². The van der Waals surface area contributed by atoms with Crippen molar-refractivity contribution in [2.45, 2.75) is 13.5 Å².